The highest BCUT2D eigenvalue weighted by Gasteiger charge is 2.18. The molecule has 5 aromatic rings. The van der Waals surface area contributed by atoms with E-state index in [0.717, 1.165) is 43.0 Å². The van der Waals surface area contributed by atoms with Crippen molar-refractivity contribution in [3.05, 3.63) is 125 Å². The van der Waals surface area contributed by atoms with E-state index in [1.165, 1.54) is 42.3 Å². The first kappa shape index (κ1) is 28.3. The van der Waals surface area contributed by atoms with Gasteiger partial charge in [-0.2, -0.15) is 0 Å². The van der Waals surface area contributed by atoms with Gasteiger partial charge in [0.25, 0.3) is 0 Å². The summed E-state index contributed by atoms with van der Waals surface area (Å²) in [4.78, 5) is 0. The molecule has 0 amide bonds. The van der Waals surface area contributed by atoms with Gasteiger partial charge < -0.3 is 4.74 Å². The summed E-state index contributed by atoms with van der Waals surface area (Å²) < 4.78 is 91.2. The summed E-state index contributed by atoms with van der Waals surface area (Å²) in [7, 11) is 0. The maximum atomic E-state index is 15.1. The Balaban J connectivity index is 1.32. The Hall–Kier alpha value is -4.26. The highest BCUT2D eigenvalue weighted by molar-refractivity contribution is 5.84. The number of fused-ring (bicyclic) bond motifs is 1. The minimum Gasteiger partial charge on any atom is -0.483 e. The molecule has 0 saturated carbocycles. The third kappa shape index (κ3) is 6.09. The molecule has 0 radical (unpaired) electrons. The standard InChI is InChI=1S/C34H26F6O/c1-2-3-4-5-20-6-9-22(10-7-20)23-11-13-26(28(35)15-23)25-17-30(37)34(31(38)18-25)41-19-21-8-12-27-24(14-21)16-29(36)33(40)32(27)39/h6-18H,2-5,19H2,1H3. The van der Waals surface area contributed by atoms with E-state index >= 15 is 4.39 Å². The minimum absolute atomic E-state index is 0.00125. The van der Waals surface area contributed by atoms with Crippen molar-refractivity contribution in [3.8, 4) is 28.0 Å². The lowest BCUT2D eigenvalue weighted by Gasteiger charge is -2.12. The predicted molar refractivity (Wildman–Crippen MR) is 149 cm³/mol. The number of aryl methyl sites for hydroxylation is 1. The summed E-state index contributed by atoms with van der Waals surface area (Å²) in [6, 6.07) is 19.2. The first-order valence-corrected chi connectivity index (χ1v) is 13.3. The Bertz CT molecular complexity index is 1690. The zero-order valence-corrected chi connectivity index (χ0v) is 22.2. The Morgan fingerprint density at radius 3 is 1.90 bits per heavy atom. The molecule has 0 N–H and O–H groups in total. The van der Waals surface area contributed by atoms with Crippen molar-refractivity contribution >= 4 is 10.8 Å². The van der Waals surface area contributed by atoms with Gasteiger partial charge in [0.05, 0.1) is 0 Å². The Morgan fingerprint density at radius 1 is 0.561 bits per heavy atom. The van der Waals surface area contributed by atoms with Crippen LogP contribution in [0.1, 0.15) is 37.3 Å². The number of ether oxygens (including phenoxy) is 1. The van der Waals surface area contributed by atoms with Gasteiger partial charge in [-0.3, -0.25) is 0 Å². The molecule has 210 valence electrons. The summed E-state index contributed by atoms with van der Waals surface area (Å²) in [5, 5.41) is -0.0672. The highest BCUT2D eigenvalue weighted by atomic mass is 19.2. The van der Waals surface area contributed by atoms with Crippen molar-refractivity contribution in [2.75, 3.05) is 0 Å². The molecule has 0 saturated heterocycles. The van der Waals surface area contributed by atoms with Crippen LogP contribution in [0.3, 0.4) is 0 Å². The topological polar surface area (TPSA) is 9.23 Å². The van der Waals surface area contributed by atoms with Gasteiger partial charge in [-0.15, -0.1) is 0 Å². The van der Waals surface area contributed by atoms with Gasteiger partial charge >= 0.3 is 0 Å². The van der Waals surface area contributed by atoms with Crippen LogP contribution in [0, 0.1) is 34.9 Å². The molecule has 0 aromatic heterocycles. The van der Waals surface area contributed by atoms with Crippen molar-refractivity contribution in [1.29, 1.82) is 0 Å². The van der Waals surface area contributed by atoms with Gasteiger partial charge in [-0.05, 0) is 76.4 Å². The summed E-state index contributed by atoms with van der Waals surface area (Å²) in [6.45, 7) is 1.82. The molecule has 0 atom stereocenters. The van der Waals surface area contributed by atoms with Crippen LogP contribution in [0.2, 0.25) is 0 Å². The van der Waals surface area contributed by atoms with Crippen molar-refractivity contribution < 1.29 is 31.1 Å². The van der Waals surface area contributed by atoms with Gasteiger partial charge in [-0.25, -0.2) is 26.3 Å². The second kappa shape index (κ2) is 12.1. The second-order valence-corrected chi connectivity index (χ2v) is 9.95. The van der Waals surface area contributed by atoms with Crippen molar-refractivity contribution in [3.63, 3.8) is 0 Å². The van der Waals surface area contributed by atoms with Crippen molar-refractivity contribution in [1.82, 2.24) is 0 Å². The lowest BCUT2D eigenvalue weighted by molar-refractivity contribution is 0.274. The van der Waals surface area contributed by atoms with E-state index in [-0.39, 0.29) is 28.5 Å². The quantitative estimate of drug-likeness (QED) is 0.0983. The average molecular weight is 565 g/mol. The molecular weight excluding hydrogens is 538 g/mol. The zero-order chi connectivity index (χ0) is 29.1. The SMILES string of the molecule is CCCCCc1ccc(-c2ccc(-c3cc(F)c(OCc4ccc5c(F)c(F)c(F)cc5c4)c(F)c3)c(F)c2)cc1. The largest absolute Gasteiger partial charge is 0.483 e. The molecule has 0 fully saturated rings. The van der Waals surface area contributed by atoms with Crippen LogP contribution in [0.5, 0.6) is 5.75 Å². The zero-order valence-electron chi connectivity index (χ0n) is 22.2. The number of hydrogen-bond acceptors (Lipinski definition) is 1. The molecule has 0 unspecified atom stereocenters. The fourth-order valence-electron chi connectivity index (χ4n) is 4.82. The maximum absolute atomic E-state index is 15.1. The molecule has 0 bridgehead atoms. The maximum Gasteiger partial charge on any atom is 0.195 e. The summed E-state index contributed by atoms with van der Waals surface area (Å²) in [5.41, 5.74) is 3.07. The number of unbranched alkanes of at least 4 members (excludes halogenated alkanes) is 2. The van der Waals surface area contributed by atoms with E-state index in [9.17, 15) is 22.0 Å². The Labute approximate surface area is 234 Å². The normalized spacial score (nSPS) is 11.3. The van der Waals surface area contributed by atoms with E-state index < -0.39 is 40.7 Å². The molecule has 0 aliphatic rings. The fourth-order valence-corrected chi connectivity index (χ4v) is 4.82. The van der Waals surface area contributed by atoms with Crippen LogP contribution in [0.25, 0.3) is 33.0 Å². The molecule has 41 heavy (non-hydrogen) atoms. The summed E-state index contributed by atoms with van der Waals surface area (Å²) in [5.74, 6) is -7.64. The molecule has 7 heteroatoms. The van der Waals surface area contributed by atoms with Crippen LogP contribution in [-0.4, -0.2) is 0 Å². The number of hydrogen-bond donors (Lipinski definition) is 0. The Kier molecular flexibility index (Phi) is 8.34. The van der Waals surface area contributed by atoms with Crippen LogP contribution in [0.15, 0.2) is 78.9 Å². The number of halogens is 6. The molecule has 5 aromatic carbocycles. The van der Waals surface area contributed by atoms with Gasteiger partial charge in [0.2, 0.25) is 0 Å². The third-order valence-electron chi connectivity index (χ3n) is 7.05. The first-order chi connectivity index (χ1) is 19.7. The van der Waals surface area contributed by atoms with Crippen LogP contribution >= 0.6 is 0 Å². The smallest absolute Gasteiger partial charge is 0.195 e. The number of rotatable bonds is 9. The molecule has 0 heterocycles. The van der Waals surface area contributed by atoms with E-state index in [0.29, 0.717) is 11.1 Å². The van der Waals surface area contributed by atoms with Gasteiger partial charge in [0.15, 0.2) is 34.8 Å². The van der Waals surface area contributed by atoms with Gasteiger partial charge in [-0.1, -0.05) is 68.3 Å². The van der Waals surface area contributed by atoms with Crippen molar-refractivity contribution in [2.45, 2.75) is 39.2 Å². The minimum atomic E-state index is -1.58. The Morgan fingerprint density at radius 2 is 1.22 bits per heavy atom. The molecule has 0 aliphatic carbocycles. The van der Waals surface area contributed by atoms with Crippen LogP contribution < -0.4 is 4.74 Å². The second-order valence-electron chi connectivity index (χ2n) is 9.95. The lowest BCUT2D eigenvalue weighted by atomic mass is 9.98. The average Bonchev–Trinajstić information content (AvgIpc) is 2.96. The lowest BCUT2D eigenvalue weighted by Crippen LogP contribution is -2.01. The fraction of sp³-hybridized carbons (Fsp3) is 0.176. The predicted octanol–water partition coefficient (Wildman–Crippen LogP) is 10.3. The third-order valence-corrected chi connectivity index (χ3v) is 7.05. The molecule has 0 aliphatic heterocycles. The first-order valence-electron chi connectivity index (χ1n) is 13.3. The van der Waals surface area contributed by atoms with E-state index in [4.69, 9.17) is 4.74 Å². The monoisotopic (exact) mass is 564 g/mol. The van der Waals surface area contributed by atoms with Gasteiger partial charge in [0, 0.05) is 10.9 Å². The van der Waals surface area contributed by atoms with E-state index in [1.807, 2.05) is 24.3 Å². The van der Waals surface area contributed by atoms with Gasteiger partial charge in [0.1, 0.15) is 12.4 Å². The highest BCUT2D eigenvalue weighted by Crippen LogP contribution is 2.33. The molecular formula is C34H26F6O. The molecule has 1 nitrogen and oxygen atoms in total. The molecule has 5 rings (SSSR count). The van der Waals surface area contributed by atoms with E-state index in [1.54, 1.807) is 6.07 Å². The summed E-state index contributed by atoms with van der Waals surface area (Å²) >= 11 is 0. The summed E-state index contributed by atoms with van der Waals surface area (Å²) in [6.07, 6.45) is 4.42. The molecule has 0 spiro atoms. The van der Waals surface area contributed by atoms with Crippen molar-refractivity contribution in [2.24, 2.45) is 0 Å². The number of benzene rings is 5. The van der Waals surface area contributed by atoms with Crippen LogP contribution in [0.4, 0.5) is 26.3 Å². The van der Waals surface area contributed by atoms with Crippen LogP contribution in [-0.2, 0) is 13.0 Å². The van der Waals surface area contributed by atoms with E-state index in [2.05, 4.69) is 6.92 Å².